The van der Waals surface area contributed by atoms with Crippen LogP contribution in [0.2, 0.25) is 0 Å². The minimum Gasteiger partial charge on any atom is -0.497 e. The highest BCUT2D eigenvalue weighted by molar-refractivity contribution is 7.89. The Balaban J connectivity index is 1.63. The summed E-state index contributed by atoms with van der Waals surface area (Å²) in [7, 11) is -0.530. The Morgan fingerprint density at radius 3 is 2.28 bits per heavy atom. The smallest absolute Gasteiger partial charge is 0.243 e. The predicted octanol–water partition coefficient (Wildman–Crippen LogP) is 2.55. The Morgan fingerprint density at radius 2 is 1.69 bits per heavy atom. The van der Waals surface area contributed by atoms with Crippen molar-refractivity contribution in [2.75, 3.05) is 45.7 Å². The maximum Gasteiger partial charge on any atom is 0.243 e. The van der Waals surface area contributed by atoms with Gasteiger partial charge in [-0.1, -0.05) is 0 Å². The van der Waals surface area contributed by atoms with Gasteiger partial charge in [0.25, 0.3) is 0 Å². The number of nitrogens with one attached hydrogen (secondary N) is 1. The number of sulfonamides is 1. The fourth-order valence-corrected chi connectivity index (χ4v) is 4.70. The van der Waals surface area contributed by atoms with Crippen molar-refractivity contribution in [3.05, 3.63) is 48.3 Å². The first-order valence-electron chi connectivity index (χ1n) is 8.89. The predicted molar refractivity (Wildman–Crippen MR) is 112 cm³/mol. The molecule has 0 unspecified atom stereocenters. The van der Waals surface area contributed by atoms with Gasteiger partial charge in [-0.2, -0.15) is 4.31 Å². The molecule has 1 aliphatic rings. The molecule has 3 rings (SSSR count). The van der Waals surface area contributed by atoms with Crippen molar-refractivity contribution in [1.29, 1.82) is 0 Å². The summed E-state index contributed by atoms with van der Waals surface area (Å²) in [6, 6.07) is 10.2. The van der Waals surface area contributed by atoms with Crippen LogP contribution in [0.4, 0.5) is 10.1 Å². The molecule has 0 radical (unpaired) electrons. The Bertz CT molecular complexity index is 975. The first-order chi connectivity index (χ1) is 13.8. The molecule has 156 valence electrons. The standard InChI is InChI=1S/C19H22FN3O4S2/c1-26-15-5-8-17(18(13-15)27-2)21-19(28)22-9-11-23(12-10-22)29(24,25)16-6-3-14(20)4-7-16/h3-8,13H,9-12H2,1-2H3,(H,21,28). The van der Waals surface area contributed by atoms with Gasteiger partial charge in [-0.25, -0.2) is 12.8 Å². The summed E-state index contributed by atoms with van der Waals surface area (Å²) in [5, 5.41) is 3.62. The summed E-state index contributed by atoms with van der Waals surface area (Å²) in [6.45, 7) is 1.43. The van der Waals surface area contributed by atoms with E-state index in [-0.39, 0.29) is 18.0 Å². The molecule has 1 saturated heterocycles. The highest BCUT2D eigenvalue weighted by Gasteiger charge is 2.29. The molecule has 0 amide bonds. The number of halogens is 1. The lowest BCUT2D eigenvalue weighted by atomic mass is 10.2. The van der Waals surface area contributed by atoms with Crippen LogP contribution in [0.15, 0.2) is 47.4 Å². The van der Waals surface area contributed by atoms with Crippen molar-refractivity contribution in [3.8, 4) is 11.5 Å². The summed E-state index contributed by atoms with van der Waals surface area (Å²) >= 11 is 5.48. The molecular weight excluding hydrogens is 417 g/mol. The van der Waals surface area contributed by atoms with Crippen LogP contribution in [0.5, 0.6) is 11.5 Å². The number of piperazine rings is 1. The van der Waals surface area contributed by atoms with E-state index in [0.29, 0.717) is 35.4 Å². The van der Waals surface area contributed by atoms with E-state index >= 15 is 0 Å². The molecule has 1 N–H and O–H groups in total. The van der Waals surface area contributed by atoms with Crippen LogP contribution in [0.3, 0.4) is 0 Å². The van der Waals surface area contributed by atoms with Crippen molar-refractivity contribution < 1.29 is 22.3 Å². The number of thiocarbonyl (C=S) groups is 1. The number of hydrogen-bond acceptors (Lipinski definition) is 5. The molecule has 0 aliphatic carbocycles. The summed E-state index contributed by atoms with van der Waals surface area (Å²) in [5.74, 6) is 0.779. The topological polar surface area (TPSA) is 71.1 Å². The number of anilines is 1. The first-order valence-corrected chi connectivity index (χ1v) is 10.7. The number of hydrogen-bond donors (Lipinski definition) is 1. The monoisotopic (exact) mass is 439 g/mol. The average Bonchev–Trinajstić information content (AvgIpc) is 2.74. The van der Waals surface area contributed by atoms with E-state index in [2.05, 4.69) is 5.32 Å². The van der Waals surface area contributed by atoms with Gasteiger partial charge in [-0.15, -0.1) is 0 Å². The third kappa shape index (κ3) is 4.77. The van der Waals surface area contributed by atoms with E-state index in [0.717, 1.165) is 12.1 Å². The van der Waals surface area contributed by atoms with Crippen molar-refractivity contribution in [1.82, 2.24) is 9.21 Å². The van der Waals surface area contributed by atoms with E-state index in [9.17, 15) is 12.8 Å². The molecule has 0 atom stereocenters. The quantitative estimate of drug-likeness (QED) is 0.718. The number of methoxy groups -OCH3 is 2. The van der Waals surface area contributed by atoms with Crippen molar-refractivity contribution in [2.45, 2.75) is 4.90 Å². The Kier molecular flexibility index (Phi) is 6.56. The minimum absolute atomic E-state index is 0.0796. The molecule has 7 nitrogen and oxygen atoms in total. The zero-order valence-corrected chi connectivity index (χ0v) is 17.7. The van der Waals surface area contributed by atoms with Crippen LogP contribution < -0.4 is 14.8 Å². The molecule has 0 bridgehead atoms. The van der Waals surface area contributed by atoms with Gasteiger partial charge < -0.3 is 19.7 Å². The van der Waals surface area contributed by atoms with E-state index in [1.54, 1.807) is 32.4 Å². The molecule has 1 heterocycles. The fourth-order valence-electron chi connectivity index (χ4n) is 2.98. The summed E-state index contributed by atoms with van der Waals surface area (Å²) in [4.78, 5) is 1.98. The van der Waals surface area contributed by atoms with Crippen LogP contribution in [-0.4, -0.2) is 63.1 Å². The molecule has 29 heavy (non-hydrogen) atoms. The van der Waals surface area contributed by atoms with Crippen molar-refractivity contribution in [2.24, 2.45) is 0 Å². The highest BCUT2D eigenvalue weighted by atomic mass is 32.2. The average molecular weight is 440 g/mol. The molecule has 1 fully saturated rings. The highest BCUT2D eigenvalue weighted by Crippen LogP contribution is 2.29. The third-order valence-electron chi connectivity index (χ3n) is 4.63. The van der Waals surface area contributed by atoms with Gasteiger partial charge in [-0.3, -0.25) is 0 Å². The lowest BCUT2D eigenvalue weighted by molar-refractivity contribution is 0.268. The summed E-state index contributed by atoms with van der Waals surface area (Å²) in [5.41, 5.74) is 0.694. The lowest BCUT2D eigenvalue weighted by Crippen LogP contribution is -2.51. The van der Waals surface area contributed by atoms with Gasteiger partial charge in [0.15, 0.2) is 5.11 Å². The van der Waals surface area contributed by atoms with Gasteiger partial charge in [0, 0.05) is 32.2 Å². The Morgan fingerprint density at radius 1 is 1.03 bits per heavy atom. The molecule has 1 aliphatic heterocycles. The van der Waals surface area contributed by atoms with Crippen LogP contribution in [-0.2, 0) is 10.0 Å². The van der Waals surface area contributed by atoms with E-state index in [4.69, 9.17) is 21.7 Å². The van der Waals surface area contributed by atoms with Gasteiger partial charge in [0.05, 0.1) is 24.8 Å². The summed E-state index contributed by atoms with van der Waals surface area (Å²) < 4.78 is 50.4. The number of ether oxygens (including phenoxy) is 2. The van der Waals surface area contributed by atoms with Crippen molar-refractivity contribution >= 4 is 33.0 Å². The first kappa shape index (κ1) is 21.3. The maximum absolute atomic E-state index is 13.1. The SMILES string of the molecule is COc1ccc(NC(=S)N2CCN(S(=O)(=O)c3ccc(F)cc3)CC2)c(OC)c1. The second-order valence-corrected chi connectivity index (χ2v) is 8.67. The zero-order valence-electron chi connectivity index (χ0n) is 16.1. The Hall–Kier alpha value is -2.43. The van der Waals surface area contributed by atoms with Gasteiger partial charge in [0.2, 0.25) is 10.0 Å². The molecule has 0 aromatic heterocycles. The van der Waals surface area contributed by atoms with Crippen molar-refractivity contribution in [3.63, 3.8) is 0 Å². The molecular formula is C19H22FN3O4S2. The second-order valence-electron chi connectivity index (χ2n) is 6.34. The molecule has 0 saturated carbocycles. The molecule has 2 aromatic rings. The van der Waals surface area contributed by atoms with Crippen LogP contribution in [0, 0.1) is 5.82 Å². The summed E-state index contributed by atoms with van der Waals surface area (Å²) in [6.07, 6.45) is 0. The minimum atomic E-state index is -3.66. The van der Waals surface area contributed by atoms with Gasteiger partial charge in [0.1, 0.15) is 17.3 Å². The third-order valence-corrected chi connectivity index (χ3v) is 6.90. The van der Waals surface area contributed by atoms with Crippen LogP contribution >= 0.6 is 12.2 Å². The van der Waals surface area contributed by atoms with Gasteiger partial charge >= 0.3 is 0 Å². The molecule has 0 spiro atoms. The van der Waals surface area contributed by atoms with E-state index < -0.39 is 15.8 Å². The Labute approximate surface area is 175 Å². The van der Waals surface area contributed by atoms with Crippen LogP contribution in [0.1, 0.15) is 0 Å². The fraction of sp³-hybridized carbons (Fsp3) is 0.316. The normalized spacial score (nSPS) is 15.1. The zero-order chi connectivity index (χ0) is 21.0. The van der Waals surface area contributed by atoms with E-state index in [1.165, 1.54) is 16.4 Å². The maximum atomic E-state index is 13.1. The van der Waals surface area contributed by atoms with Gasteiger partial charge in [-0.05, 0) is 48.6 Å². The second kappa shape index (κ2) is 8.93. The molecule has 2 aromatic carbocycles. The largest absolute Gasteiger partial charge is 0.497 e. The van der Waals surface area contributed by atoms with E-state index in [1.807, 2.05) is 4.90 Å². The number of rotatable bonds is 5. The molecule has 10 heteroatoms. The lowest BCUT2D eigenvalue weighted by Gasteiger charge is -2.35. The van der Waals surface area contributed by atoms with Crippen LogP contribution in [0.25, 0.3) is 0 Å². The number of benzene rings is 2. The number of nitrogens with zero attached hydrogens (tertiary/aromatic N) is 2.